The van der Waals surface area contributed by atoms with Crippen LogP contribution in [0.1, 0.15) is 11.1 Å². The molecule has 0 atom stereocenters. The summed E-state index contributed by atoms with van der Waals surface area (Å²) in [6.45, 7) is 0.250. The molecule has 0 radical (unpaired) electrons. The number of benzene rings is 4. The van der Waals surface area contributed by atoms with Crippen LogP contribution in [0.15, 0.2) is 96.6 Å². The molecule has 1 heterocycles. The number of rotatable bonds is 6. The average molecular weight is 493 g/mol. The van der Waals surface area contributed by atoms with Crippen molar-refractivity contribution >= 4 is 46.1 Å². The van der Waals surface area contributed by atoms with Gasteiger partial charge in [0.25, 0.3) is 17.5 Å². The van der Waals surface area contributed by atoms with E-state index in [1.54, 1.807) is 24.3 Å². The van der Waals surface area contributed by atoms with Crippen molar-refractivity contribution in [3.63, 3.8) is 0 Å². The van der Waals surface area contributed by atoms with Crippen molar-refractivity contribution in [3.05, 3.63) is 118 Å². The summed E-state index contributed by atoms with van der Waals surface area (Å²) in [6, 6.07) is 24.8. The van der Waals surface area contributed by atoms with E-state index in [-0.39, 0.29) is 23.6 Å². The van der Waals surface area contributed by atoms with Gasteiger partial charge in [-0.2, -0.15) is 0 Å². The van der Waals surface area contributed by atoms with Crippen LogP contribution in [0.4, 0.5) is 16.2 Å². The monoisotopic (exact) mass is 493 g/mol. The van der Waals surface area contributed by atoms with Crippen LogP contribution in [0.25, 0.3) is 16.8 Å². The van der Waals surface area contributed by atoms with Crippen LogP contribution in [0.2, 0.25) is 0 Å². The molecular formula is C28H19N3O6. The SMILES string of the molecule is O=C1NC(=O)N(c2cccc([N+](=O)[O-])c2)C(=O)/C1=C/c1ccccc1OCc1cccc2ccccc12. The van der Waals surface area contributed by atoms with E-state index in [0.29, 0.717) is 16.2 Å². The Morgan fingerprint density at radius 3 is 2.46 bits per heavy atom. The number of anilines is 1. The zero-order valence-corrected chi connectivity index (χ0v) is 19.3. The molecular weight excluding hydrogens is 474 g/mol. The minimum absolute atomic E-state index is 0.0319. The van der Waals surface area contributed by atoms with Crippen molar-refractivity contribution < 1.29 is 24.0 Å². The van der Waals surface area contributed by atoms with Gasteiger partial charge in [0.1, 0.15) is 17.9 Å². The first-order valence-electron chi connectivity index (χ1n) is 11.3. The third-order valence-electron chi connectivity index (χ3n) is 5.88. The number of para-hydroxylation sites is 1. The maximum Gasteiger partial charge on any atom is 0.335 e. The predicted molar refractivity (Wildman–Crippen MR) is 137 cm³/mol. The molecule has 0 unspecified atom stereocenters. The molecule has 0 spiro atoms. The molecule has 5 rings (SSSR count). The summed E-state index contributed by atoms with van der Waals surface area (Å²) in [5.74, 6) is -1.35. The van der Waals surface area contributed by atoms with Crippen LogP contribution in [0, 0.1) is 10.1 Å². The summed E-state index contributed by atoms with van der Waals surface area (Å²) in [7, 11) is 0. The van der Waals surface area contributed by atoms with Gasteiger partial charge in [0.15, 0.2) is 0 Å². The Kier molecular flexibility index (Phi) is 6.17. The number of hydrogen-bond acceptors (Lipinski definition) is 6. The molecule has 4 amide bonds. The Morgan fingerprint density at radius 1 is 0.892 bits per heavy atom. The number of urea groups is 1. The highest BCUT2D eigenvalue weighted by Gasteiger charge is 2.37. The topological polar surface area (TPSA) is 119 Å². The Hall–Kier alpha value is -5.31. The molecule has 9 heteroatoms. The molecule has 0 aliphatic carbocycles. The fourth-order valence-electron chi connectivity index (χ4n) is 4.10. The summed E-state index contributed by atoms with van der Waals surface area (Å²) in [5.41, 5.74) is 0.777. The largest absolute Gasteiger partial charge is 0.488 e. The van der Waals surface area contributed by atoms with Gasteiger partial charge in [0.2, 0.25) is 0 Å². The Morgan fingerprint density at radius 2 is 1.62 bits per heavy atom. The fraction of sp³-hybridized carbons (Fsp3) is 0.0357. The van der Waals surface area contributed by atoms with Gasteiger partial charge in [0.05, 0.1) is 10.6 Å². The second-order valence-corrected chi connectivity index (χ2v) is 8.20. The summed E-state index contributed by atoms with van der Waals surface area (Å²) < 4.78 is 6.07. The lowest BCUT2D eigenvalue weighted by Crippen LogP contribution is -2.54. The highest BCUT2D eigenvalue weighted by molar-refractivity contribution is 6.39. The maximum atomic E-state index is 13.2. The van der Waals surface area contributed by atoms with Gasteiger partial charge in [-0.25, -0.2) is 9.69 Å². The predicted octanol–water partition coefficient (Wildman–Crippen LogP) is 4.99. The number of nitro groups is 1. The number of hydrogen-bond donors (Lipinski definition) is 1. The van der Waals surface area contributed by atoms with Crippen LogP contribution in [0.5, 0.6) is 5.75 Å². The first kappa shape index (κ1) is 23.4. The molecule has 182 valence electrons. The Balaban J connectivity index is 1.46. The Bertz CT molecular complexity index is 1610. The van der Waals surface area contributed by atoms with E-state index in [9.17, 15) is 24.5 Å². The summed E-state index contributed by atoms with van der Waals surface area (Å²) in [6.07, 6.45) is 1.34. The lowest BCUT2D eigenvalue weighted by molar-refractivity contribution is -0.384. The second-order valence-electron chi connectivity index (χ2n) is 8.20. The van der Waals surface area contributed by atoms with Gasteiger partial charge in [-0.15, -0.1) is 0 Å². The zero-order chi connectivity index (χ0) is 25.9. The van der Waals surface area contributed by atoms with E-state index in [2.05, 4.69) is 5.32 Å². The number of amides is 4. The molecule has 4 aromatic carbocycles. The van der Waals surface area contributed by atoms with Crippen LogP contribution in [-0.4, -0.2) is 22.8 Å². The van der Waals surface area contributed by atoms with Crippen LogP contribution >= 0.6 is 0 Å². The van der Waals surface area contributed by atoms with E-state index >= 15 is 0 Å². The number of imide groups is 2. The van der Waals surface area contributed by atoms with E-state index in [1.807, 2.05) is 42.5 Å². The number of carbonyl (C=O) groups is 3. The van der Waals surface area contributed by atoms with Gasteiger partial charge in [0, 0.05) is 17.7 Å². The average Bonchev–Trinajstić information content (AvgIpc) is 2.90. The molecule has 0 bridgehead atoms. The van der Waals surface area contributed by atoms with Crippen LogP contribution < -0.4 is 15.0 Å². The standard InChI is InChI=1S/C28H19N3O6/c32-26-24(27(33)30(28(34)29-26)21-11-6-12-22(16-21)31(35)36)15-19-8-2-4-14-25(19)37-17-20-10-5-9-18-7-1-3-13-23(18)20/h1-16H,17H2,(H,29,32,34)/b24-15+. The van der Waals surface area contributed by atoms with Gasteiger partial charge in [-0.05, 0) is 34.5 Å². The minimum Gasteiger partial charge on any atom is -0.488 e. The smallest absolute Gasteiger partial charge is 0.335 e. The van der Waals surface area contributed by atoms with Gasteiger partial charge >= 0.3 is 6.03 Å². The van der Waals surface area contributed by atoms with Crippen molar-refractivity contribution in [2.75, 3.05) is 4.90 Å². The first-order valence-corrected chi connectivity index (χ1v) is 11.3. The number of carbonyl (C=O) groups excluding carboxylic acids is 3. The van der Waals surface area contributed by atoms with E-state index in [1.165, 1.54) is 24.3 Å². The summed E-state index contributed by atoms with van der Waals surface area (Å²) >= 11 is 0. The molecule has 1 fully saturated rings. The number of nitro benzene ring substituents is 1. The number of nitrogens with zero attached hydrogens (tertiary/aromatic N) is 2. The second kappa shape index (κ2) is 9.74. The van der Waals surface area contributed by atoms with Gasteiger partial charge < -0.3 is 4.74 Å². The minimum atomic E-state index is -0.992. The summed E-state index contributed by atoms with van der Waals surface area (Å²) in [4.78, 5) is 49.5. The van der Waals surface area contributed by atoms with E-state index < -0.39 is 22.8 Å². The molecule has 1 N–H and O–H groups in total. The lowest BCUT2D eigenvalue weighted by atomic mass is 10.0. The molecule has 0 saturated carbocycles. The van der Waals surface area contributed by atoms with Crippen LogP contribution in [0.3, 0.4) is 0 Å². The van der Waals surface area contributed by atoms with Crippen molar-refractivity contribution in [1.82, 2.24) is 5.32 Å². The van der Waals surface area contributed by atoms with E-state index in [4.69, 9.17) is 4.74 Å². The van der Waals surface area contributed by atoms with Gasteiger partial charge in [-0.3, -0.25) is 25.0 Å². The number of non-ortho nitro benzene ring substituents is 1. The number of barbiturate groups is 1. The summed E-state index contributed by atoms with van der Waals surface area (Å²) in [5, 5.41) is 15.4. The molecule has 1 aliphatic rings. The highest BCUT2D eigenvalue weighted by atomic mass is 16.6. The fourth-order valence-corrected chi connectivity index (χ4v) is 4.10. The van der Waals surface area contributed by atoms with Crippen molar-refractivity contribution in [1.29, 1.82) is 0 Å². The zero-order valence-electron chi connectivity index (χ0n) is 19.3. The van der Waals surface area contributed by atoms with Crippen molar-refractivity contribution in [2.45, 2.75) is 6.61 Å². The number of nitrogens with one attached hydrogen (secondary N) is 1. The van der Waals surface area contributed by atoms with Crippen LogP contribution in [-0.2, 0) is 16.2 Å². The molecule has 0 aromatic heterocycles. The van der Waals surface area contributed by atoms with Gasteiger partial charge in [-0.1, -0.05) is 66.7 Å². The molecule has 9 nitrogen and oxygen atoms in total. The van der Waals surface area contributed by atoms with Crippen molar-refractivity contribution in [3.8, 4) is 5.75 Å². The third-order valence-corrected chi connectivity index (χ3v) is 5.88. The highest BCUT2D eigenvalue weighted by Crippen LogP contribution is 2.28. The van der Waals surface area contributed by atoms with Crippen molar-refractivity contribution in [2.24, 2.45) is 0 Å². The number of ether oxygens (including phenoxy) is 1. The third kappa shape index (κ3) is 4.65. The molecule has 37 heavy (non-hydrogen) atoms. The molecule has 4 aromatic rings. The Labute approximate surface area is 210 Å². The van der Waals surface area contributed by atoms with E-state index in [0.717, 1.165) is 22.4 Å². The molecule has 1 aliphatic heterocycles. The molecule has 1 saturated heterocycles. The number of fused-ring (bicyclic) bond motifs is 1. The first-order chi connectivity index (χ1) is 17.9. The normalized spacial score (nSPS) is 14.6. The quantitative estimate of drug-likeness (QED) is 0.175. The lowest BCUT2D eigenvalue weighted by Gasteiger charge is -2.26. The maximum absolute atomic E-state index is 13.2.